The number of halogens is 3. The molecule has 0 aromatic carbocycles. The van der Waals surface area contributed by atoms with Gasteiger partial charge < -0.3 is 5.43 Å². The van der Waals surface area contributed by atoms with Crippen molar-refractivity contribution in [1.82, 2.24) is 4.98 Å². The average Bonchev–Trinajstić information content (AvgIpc) is 2.62. The summed E-state index contributed by atoms with van der Waals surface area (Å²) in [6.07, 6.45) is -4.47. The maximum Gasteiger partial charge on any atom is 0.433 e. The Kier molecular flexibility index (Phi) is 2.51. The van der Waals surface area contributed by atoms with Crippen LogP contribution in [0.1, 0.15) is 11.3 Å². The Morgan fingerprint density at radius 3 is 2.69 bits per heavy atom. The number of fused-ring (bicyclic) bond motifs is 1. The molecule has 3 nitrogen and oxygen atoms in total. The first-order chi connectivity index (χ1) is 7.45. The van der Waals surface area contributed by atoms with Crippen molar-refractivity contribution in [1.29, 1.82) is 0 Å². The average molecular weight is 247 g/mol. The number of hydrazine groups is 1. The van der Waals surface area contributed by atoms with E-state index < -0.39 is 11.9 Å². The monoisotopic (exact) mass is 247 g/mol. The van der Waals surface area contributed by atoms with E-state index in [0.717, 1.165) is 0 Å². The van der Waals surface area contributed by atoms with Gasteiger partial charge in [-0.3, -0.25) is 5.84 Å². The lowest BCUT2D eigenvalue weighted by atomic mass is 10.1. The summed E-state index contributed by atoms with van der Waals surface area (Å²) in [5.74, 6) is 5.25. The van der Waals surface area contributed by atoms with Crippen molar-refractivity contribution < 1.29 is 13.2 Å². The third kappa shape index (κ3) is 1.61. The lowest BCUT2D eigenvalue weighted by Gasteiger charge is -2.13. The summed E-state index contributed by atoms with van der Waals surface area (Å²) in [7, 11) is 0. The number of pyridine rings is 1. The number of thiophene rings is 1. The van der Waals surface area contributed by atoms with Gasteiger partial charge in [0, 0.05) is 5.56 Å². The summed E-state index contributed by atoms with van der Waals surface area (Å²) in [6.45, 7) is 1.35. The third-order valence-electron chi connectivity index (χ3n) is 2.25. The van der Waals surface area contributed by atoms with Crippen molar-refractivity contribution >= 4 is 27.2 Å². The highest BCUT2D eigenvalue weighted by molar-refractivity contribution is 7.17. The van der Waals surface area contributed by atoms with E-state index in [4.69, 9.17) is 5.84 Å². The molecule has 2 heterocycles. The topological polar surface area (TPSA) is 50.9 Å². The highest BCUT2D eigenvalue weighted by Crippen LogP contribution is 2.38. The quantitative estimate of drug-likeness (QED) is 0.601. The van der Waals surface area contributed by atoms with E-state index in [2.05, 4.69) is 10.4 Å². The molecule has 0 saturated heterocycles. The molecule has 2 aromatic rings. The summed E-state index contributed by atoms with van der Waals surface area (Å²) in [5.41, 5.74) is 2.02. The third-order valence-corrected chi connectivity index (χ3v) is 3.17. The minimum Gasteiger partial charge on any atom is -0.322 e. The van der Waals surface area contributed by atoms with Crippen molar-refractivity contribution in [3.05, 3.63) is 22.7 Å². The van der Waals surface area contributed by atoms with Crippen LogP contribution in [-0.4, -0.2) is 4.98 Å². The van der Waals surface area contributed by atoms with Crippen LogP contribution in [0.2, 0.25) is 0 Å². The van der Waals surface area contributed by atoms with Crippen molar-refractivity contribution in [2.75, 3.05) is 5.43 Å². The normalized spacial score (nSPS) is 12.1. The van der Waals surface area contributed by atoms with E-state index in [9.17, 15) is 13.2 Å². The van der Waals surface area contributed by atoms with Crippen LogP contribution in [-0.2, 0) is 6.18 Å². The van der Waals surface area contributed by atoms with Crippen LogP contribution in [0.3, 0.4) is 0 Å². The molecule has 0 saturated carbocycles. The molecule has 0 aliphatic rings. The van der Waals surface area contributed by atoms with Crippen molar-refractivity contribution in [3.63, 3.8) is 0 Å². The fourth-order valence-electron chi connectivity index (χ4n) is 1.52. The van der Waals surface area contributed by atoms with Gasteiger partial charge in [-0.25, -0.2) is 4.98 Å². The molecule has 0 radical (unpaired) electrons. The zero-order chi connectivity index (χ0) is 11.9. The molecule has 2 aromatic heterocycles. The number of rotatable bonds is 1. The molecule has 3 N–H and O–H groups in total. The van der Waals surface area contributed by atoms with Crippen molar-refractivity contribution in [3.8, 4) is 0 Å². The van der Waals surface area contributed by atoms with Crippen LogP contribution in [0, 0.1) is 6.92 Å². The van der Waals surface area contributed by atoms with Crippen LogP contribution >= 0.6 is 11.3 Å². The summed E-state index contributed by atoms with van der Waals surface area (Å²) in [5, 5.41) is 1.68. The Morgan fingerprint density at radius 1 is 1.44 bits per heavy atom. The van der Waals surface area contributed by atoms with E-state index in [0.29, 0.717) is 10.2 Å². The highest BCUT2D eigenvalue weighted by atomic mass is 32.1. The molecule has 0 spiro atoms. The Hall–Kier alpha value is -1.34. The first-order valence-electron chi connectivity index (χ1n) is 4.36. The Balaban J connectivity index is 2.81. The van der Waals surface area contributed by atoms with Crippen molar-refractivity contribution in [2.45, 2.75) is 13.1 Å². The first-order valence-corrected chi connectivity index (χ1v) is 5.24. The van der Waals surface area contributed by atoms with Crippen LogP contribution in [0.5, 0.6) is 0 Å². The predicted molar refractivity (Wildman–Crippen MR) is 57.2 cm³/mol. The summed E-state index contributed by atoms with van der Waals surface area (Å²) in [4.78, 5) is 3.60. The van der Waals surface area contributed by atoms with Gasteiger partial charge in [0.25, 0.3) is 0 Å². The van der Waals surface area contributed by atoms with Gasteiger partial charge in [0.05, 0.1) is 15.9 Å². The first kappa shape index (κ1) is 11.2. The molecule has 0 amide bonds. The van der Waals surface area contributed by atoms with Crippen LogP contribution < -0.4 is 11.3 Å². The number of nitrogens with two attached hydrogens (primary N) is 1. The molecule has 7 heteroatoms. The molecule has 0 aliphatic heterocycles. The largest absolute Gasteiger partial charge is 0.433 e. The zero-order valence-corrected chi connectivity index (χ0v) is 9.04. The number of aromatic nitrogens is 1. The van der Waals surface area contributed by atoms with Gasteiger partial charge in [-0.2, -0.15) is 13.2 Å². The van der Waals surface area contributed by atoms with Crippen LogP contribution in [0.4, 0.5) is 18.9 Å². The molecular formula is C9H8F3N3S. The molecular weight excluding hydrogens is 239 g/mol. The van der Waals surface area contributed by atoms with Gasteiger partial charge in [-0.15, -0.1) is 11.3 Å². The smallest absolute Gasteiger partial charge is 0.322 e. The second-order valence-corrected chi connectivity index (χ2v) is 4.15. The van der Waals surface area contributed by atoms with Gasteiger partial charge in [0.1, 0.15) is 5.69 Å². The minimum absolute atomic E-state index is 0.0185. The number of nitrogens with one attached hydrogen (secondary N) is 1. The van der Waals surface area contributed by atoms with Crippen LogP contribution in [0.25, 0.3) is 10.2 Å². The van der Waals surface area contributed by atoms with Gasteiger partial charge in [0.15, 0.2) is 0 Å². The lowest BCUT2D eigenvalue weighted by molar-refractivity contribution is -0.141. The summed E-state index contributed by atoms with van der Waals surface area (Å²) >= 11 is 1.30. The molecule has 0 fully saturated rings. The van der Waals surface area contributed by atoms with Gasteiger partial charge in [-0.1, -0.05) is 0 Å². The highest BCUT2D eigenvalue weighted by Gasteiger charge is 2.36. The number of nitrogen functional groups attached to an aromatic ring is 1. The van der Waals surface area contributed by atoms with E-state index in [1.807, 2.05) is 0 Å². The van der Waals surface area contributed by atoms with E-state index in [1.165, 1.54) is 24.3 Å². The van der Waals surface area contributed by atoms with Crippen molar-refractivity contribution in [2.24, 2.45) is 5.84 Å². The molecule has 16 heavy (non-hydrogen) atoms. The number of anilines is 1. The fourth-order valence-corrected chi connectivity index (χ4v) is 2.42. The fraction of sp³-hybridized carbons (Fsp3) is 0.222. The molecule has 86 valence electrons. The number of hydrogen-bond acceptors (Lipinski definition) is 4. The van der Waals surface area contributed by atoms with Crippen LogP contribution in [0.15, 0.2) is 11.4 Å². The van der Waals surface area contributed by atoms with E-state index >= 15 is 0 Å². The molecule has 0 aliphatic carbocycles. The SMILES string of the molecule is Cc1c(C(F)(F)F)nc2ccsc2c1NN. The standard InChI is InChI=1S/C9H8F3N3S/c1-4-6(15-13)7-5(2-3-16-7)14-8(4)9(10,11)12/h2-3H,13H2,1H3,(H,14,15). The lowest BCUT2D eigenvalue weighted by Crippen LogP contribution is -2.15. The summed E-state index contributed by atoms with van der Waals surface area (Å²) < 4.78 is 38.6. The second kappa shape index (κ2) is 3.60. The maximum atomic E-state index is 12.7. The molecule has 0 atom stereocenters. The Labute approximate surface area is 93.1 Å². The number of hydrogen-bond donors (Lipinski definition) is 2. The Morgan fingerprint density at radius 2 is 2.12 bits per heavy atom. The molecule has 0 bridgehead atoms. The molecule has 0 unspecified atom stereocenters. The summed E-state index contributed by atoms with van der Waals surface area (Å²) in [6, 6.07) is 1.54. The van der Waals surface area contributed by atoms with Gasteiger partial charge in [-0.05, 0) is 18.4 Å². The maximum absolute atomic E-state index is 12.7. The van der Waals surface area contributed by atoms with Gasteiger partial charge >= 0.3 is 6.18 Å². The molecule has 2 rings (SSSR count). The van der Waals surface area contributed by atoms with Gasteiger partial charge in [0.2, 0.25) is 0 Å². The number of nitrogens with zero attached hydrogens (tertiary/aromatic N) is 1. The second-order valence-electron chi connectivity index (χ2n) is 3.24. The number of alkyl halides is 3. The predicted octanol–water partition coefficient (Wildman–Crippen LogP) is 2.91. The van der Waals surface area contributed by atoms with E-state index in [1.54, 1.807) is 5.38 Å². The Bertz CT molecular complexity index is 533. The zero-order valence-electron chi connectivity index (χ0n) is 8.22. The minimum atomic E-state index is -4.47. The van der Waals surface area contributed by atoms with E-state index in [-0.39, 0.29) is 11.3 Å².